The van der Waals surface area contributed by atoms with Crippen molar-refractivity contribution in [2.45, 2.75) is 213 Å². The molecule has 0 aromatic rings. The van der Waals surface area contributed by atoms with E-state index in [4.69, 9.17) is 0 Å². The van der Waals surface area contributed by atoms with Crippen molar-refractivity contribution in [1.82, 2.24) is 0 Å². The van der Waals surface area contributed by atoms with Gasteiger partial charge in [0.25, 0.3) is 0 Å². The lowest BCUT2D eigenvalue weighted by molar-refractivity contribution is -0.130. The fourth-order valence-corrected chi connectivity index (χ4v) is 5.65. The van der Waals surface area contributed by atoms with E-state index in [0.717, 1.165) is 25.7 Å². The highest BCUT2D eigenvalue weighted by Gasteiger charge is 2.30. The van der Waals surface area contributed by atoms with E-state index >= 15 is 0 Å². The summed E-state index contributed by atoms with van der Waals surface area (Å²) in [4.78, 5) is 25.2. The zero-order valence-electron chi connectivity index (χ0n) is 26.8. The molecule has 1 N–H and O–H groups in total. The Bertz CT molecular complexity index is 529. The van der Waals surface area contributed by atoms with Crippen LogP contribution in [0.3, 0.4) is 0 Å². The van der Waals surface area contributed by atoms with Gasteiger partial charge in [-0.05, 0) is 19.3 Å². The van der Waals surface area contributed by atoms with Crippen LogP contribution >= 0.6 is 0 Å². The van der Waals surface area contributed by atoms with Gasteiger partial charge in [0.1, 0.15) is 11.9 Å². The summed E-state index contributed by atoms with van der Waals surface area (Å²) in [6.07, 6.45) is 33.4. The van der Waals surface area contributed by atoms with Crippen molar-refractivity contribution >= 4 is 11.6 Å². The van der Waals surface area contributed by atoms with Crippen LogP contribution in [-0.4, -0.2) is 22.8 Å². The zero-order valence-corrected chi connectivity index (χ0v) is 26.8. The van der Waals surface area contributed by atoms with E-state index in [-0.39, 0.29) is 11.6 Å². The summed E-state index contributed by atoms with van der Waals surface area (Å²) in [7, 11) is 0. The first-order valence-electron chi connectivity index (χ1n) is 17.7. The van der Waals surface area contributed by atoms with Crippen LogP contribution in [-0.2, 0) is 9.59 Å². The van der Waals surface area contributed by atoms with Gasteiger partial charge in [-0.3, -0.25) is 9.59 Å². The van der Waals surface area contributed by atoms with Crippen LogP contribution in [0.1, 0.15) is 207 Å². The summed E-state index contributed by atoms with van der Waals surface area (Å²) in [6, 6.07) is 0. The van der Waals surface area contributed by atoms with Gasteiger partial charge >= 0.3 is 0 Å². The molecule has 231 valence electrons. The molecule has 0 aliphatic rings. The fraction of sp³-hybridized carbons (Fsp3) is 0.917. The Hall–Kier alpha value is -0.700. The highest BCUT2D eigenvalue weighted by atomic mass is 16.3. The molecular weight excluding hydrogens is 480 g/mol. The molecule has 1 radical (unpaired) electrons. The molecular formula is C36H69O3. The Morgan fingerprint density at radius 3 is 1.03 bits per heavy atom. The van der Waals surface area contributed by atoms with Crippen LogP contribution in [0.2, 0.25) is 0 Å². The lowest BCUT2D eigenvalue weighted by Gasteiger charge is -2.18. The summed E-state index contributed by atoms with van der Waals surface area (Å²) in [5.74, 6) is 0.286. The van der Waals surface area contributed by atoms with Gasteiger partial charge in [0, 0.05) is 12.8 Å². The number of aliphatic hydroxyl groups is 1. The smallest absolute Gasteiger partial charge is 0.162 e. The van der Waals surface area contributed by atoms with Crippen molar-refractivity contribution in [1.29, 1.82) is 0 Å². The largest absolute Gasteiger partial charge is 0.384 e. The molecule has 0 aliphatic carbocycles. The maximum Gasteiger partial charge on any atom is 0.162 e. The number of ketones is 2. The zero-order chi connectivity index (χ0) is 28.8. The predicted octanol–water partition coefficient (Wildman–Crippen LogP) is 11.4. The molecule has 0 heterocycles. The molecule has 3 nitrogen and oxygen atoms in total. The first-order valence-corrected chi connectivity index (χ1v) is 17.7. The maximum absolute atomic E-state index is 12.7. The quantitative estimate of drug-likeness (QED) is 0.0849. The van der Waals surface area contributed by atoms with E-state index in [1.54, 1.807) is 0 Å². The van der Waals surface area contributed by atoms with E-state index < -0.39 is 6.10 Å². The molecule has 0 rings (SSSR count). The molecule has 0 saturated carbocycles. The lowest BCUT2D eigenvalue weighted by Crippen LogP contribution is -2.32. The topological polar surface area (TPSA) is 54.4 Å². The third kappa shape index (κ3) is 24.8. The molecule has 0 aromatic carbocycles. The Balaban J connectivity index is 3.71. The van der Waals surface area contributed by atoms with Gasteiger partial charge in [-0.1, -0.05) is 175 Å². The Morgan fingerprint density at radius 2 is 0.718 bits per heavy atom. The average Bonchev–Trinajstić information content (AvgIpc) is 2.94. The van der Waals surface area contributed by atoms with Crippen LogP contribution in [0.25, 0.3) is 0 Å². The minimum atomic E-state index is -1.18. The van der Waals surface area contributed by atoms with Gasteiger partial charge in [0.05, 0.1) is 5.92 Å². The molecule has 39 heavy (non-hydrogen) atoms. The first kappa shape index (κ1) is 38.3. The Morgan fingerprint density at radius 1 is 0.436 bits per heavy atom. The summed E-state index contributed by atoms with van der Waals surface area (Å²) in [5, 5.41) is 10.5. The van der Waals surface area contributed by atoms with Gasteiger partial charge in [0.2, 0.25) is 0 Å². The number of carbonyl (C=O) groups is 2. The summed E-state index contributed by atoms with van der Waals surface area (Å²) in [5.41, 5.74) is 0. The molecule has 0 spiro atoms. The second-order valence-electron chi connectivity index (χ2n) is 12.2. The molecule has 3 heteroatoms. The minimum Gasteiger partial charge on any atom is -0.384 e. The van der Waals surface area contributed by atoms with Crippen molar-refractivity contribution in [2.24, 2.45) is 0 Å². The molecule has 0 fully saturated rings. The van der Waals surface area contributed by atoms with E-state index in [0.29, 0.717) is 25.2 Å². The minimum absolute atomic E-state index is 0.00628. The number of aliphatic hydroxyl groups excluding tert-OH is 1. The molecule has 0 aliphatic heterocycles. The third-order valence-corrected chi connectivity index (χ3v) is 8.41. The molecule has 0 saturated heterocycles. The van der Waals surface area contributed by atoms with Crippen LogP contribution in [0.5, 0.6) is 0 Å². The van der Waals surface area contributed by atoms with Gasteiger partial charge in [-0.15, -0.1) is 0 Å². The van der Waals surface area contributed by atoms with Crippen LogP contribution in [0, 0.1) is 5.92 Å². The van der Waals surface area contributed by atoms with Gasteiger partial charge in [0.15, 0.2) is 5.78 Å². The van der Waals surface area contributed by atoms with Crippen LogP contribution in [0.15, 0.2) is 0 Å². The Labute approximate surface area is 245 Å². The summed E-state index contributed by atoms with van der Waals surface area (Å²) < 4.78 is 0. The summed E-state index contributed by atoms with van der Waals surface area (Å²) >= 11 is 0. The van der Waals surface area contributed by atoms with Crippen LogP contribution in [0.4, 0.5) is 0 Å². The predicted molar refractivity (Wildman–Crippen MR) is 170 cm³/mol. The number of hydrogen-bond acceptors (Lipinski definition) is 3. The van der Waals surface area contributed by atoms with Gasteiger partial charge < -0.3 is 5.11 Å². The van der Waals surface area contributed by atoms with Crippen molar-refractivity contribution in [3.63, 3.8) is 0 Å². The second-order valence-corrected chi connectivity index (χ2v) is 12.2. The number of carbonyl (C=O) groups excluding carboxylic acids is 2. The lowest BCUT2D eigenvalue weighted by atomic mass is 9.87. The van der Waals surface area contributed by atoms with Crippen LogP contribution < -0.4 is 0 Å². The SMILES string of the molecule is CCCCCCCCCCCCCCCC(=O)[C](CC)C(O)C(=O)CCCCCCCCCCCCCCC. The number of rotatable bonds is 32. The van der Waals surface area contributed by atoms with Gasteiger partial charge in [-0.25, -0.2) is 0 Å². The molecule has 0 aromatic heterocycles. The van der Waals surface area contributed by atoms with E-state index in [2.05, 4.69) is 13.8 Å². The van der Waals surface area contributed by atoms with Crippen molar-refractivity contribution in [3.05, 3.63) is 5.92 Å². The highest BCUT2D eigenvalue weighted by molar-refractivity contribution is 6.00. The van der Waals surface area contributed by atoms with E-state index in [1.807, 2.05) is 6.92 Å². The fourth-order valence-electron chi connectivity index (χ4n) is 5.65. The standard InChI is InChI=1S/C36H69O3/c1-4-7-9-11-13-15-17-19-21-23-25-27-29-31-34(37)33(6-3)36(39)35(38)32-30-28-26-24-22-20-18-16-14-12-10-8-5-2/h36,39H,4-32H2,1-3H3. The first-order chi connectivity index (χ1) is 19.1. The molecule has 0 bridgehead atoms. The van der Waals surface area contributed by atoms with Crippen molar-refractivity contribution in [2.75, 3.05) is 0 Å². The van der Waals surface area contributed by atoms with E-state index in [9.17, 15) is 14.7 Å². The summed E-state index contributed by atoms with van der Waals surface area (Å²) in [6.45, 7) is 6.42. The molecule has 1 atom stereocenters. The number of hydrogen-bond donors (Lipinski definition) is 1. The van der Waals surface area contributed by atoms with Gasteiger partial charge in [-0.2, -0.15) is 0 Å². The average molecular weight is 550 g/mol. The normalized spacial score (nSPS) is 12.3. The number of unbranched alkanes of at least 4 members (excludes halogenated alkanes) is 24. The molecule has 0 amide bonds. The highest BCUT2D eigenvalue weighted by Crippen LogP contribution is 2.21. The van der Waals surface area contributed by atoms with Crippen molar-refractivity contribution < 1.29 is 14.7 Å². The monoisotopic (exact) mass is 550 g/mol. The number of Topliss-reactive ketones (excluding diaryl/α,β-unsaturated/α-hetero) is 2. The second kappa shape index (κ2) is 30.3. The van der Waals surface area contributed by atoms with E-state index in [1.165, 1.54) is 141 Å². The maximum atomic E-state index is 12.7. The third-order valence-electron chi connectivity index (χ3n) is 8.41. The van der Waals surface area contributed by atoms with Crippen molar-refractivity contribution in [3.8, 4) is 0 Å². The molecule has 1 unspecified atom stereocenters. The Kier molecular flexibility index (Phi) is 29.7.